The zero-order chi connectivity index (χ0) is 30.4. The van der Waals surface area contributed by atoms with Crippen molar-refractivity contribution in [1.82, 2.24) is 19.6 Å². The van der Waals surface area contributed by atoms with Gasteiger partial charge in [0.25, 0.3) is 11.6 Å². The Morgan fingerprint density at radius 2 is 1.79 bits per heavy atom. The largest absolute Gasteiger partial charge is 0.489 e. The van der Waals surface area contributed by atoms with E-state index in [1.54, 1.807) is 68.0 Å². The highest BCUT2D eigenvalue weighted by molar-refractivity contribution is 6.04. The molecule has 13 heteroatoms. The molecule has 4 rings (SSSR count). The molecule has 42 heavy (non-hydrogen) atoms. The van der Waals surface area contributed by atoms with Crippen molar-refractivity contribution < 1.29 is 28.8 Å². The molecule has 0 bridgehead atoms. The van der Waals surface area contributed by atoms with E-state index in [-0.39, 0.29) is 30.2 Å². The summed E-state index contributed by atoms with van der Waals surface area (Å²) in [5.74, 6) is 0.00934. The summed E-state index contributed by atoms with van der Waals surface area (Å²) >= 11 is 0. The minimum atomic E-state index is -0.605. The molecule has 0 radical (unpaired) electrons. The third-order valence-electron chi connectivity index (χ3n) is 7.00. The molecular formula is C29H34N6O7. The molecule has 3 amide bonds. The molecule has 1 unspecified atom stereocenters. The molecular weight excluding hydrogens is 544 g/mol. The molecule has 0 spiro atoms. The summed E-state index contributed by atoms with van der Waals surface area (Å²) in [5, 5.41) is 18.4. The van der Waals surface area contributed by atoms with Gasteiger partial charge in [0.05, 0.1) is 22.9 Å². The van der Waals surface area contributed by atoms with Crippen molar-refractivity contribution in [2.45, 2.75) is 40.3 Å². The number of nitrogens with one attached hydrogen (secondary N) is 1. The van der Waals surface area contributed by atoms with Crippen LogP contribution >= 0.6 is 0 Å². The van der Waals surface area contributed by atoms with Gasteiger partial charge in [0.15, 0.2) is 0 Å². The van der Waals surface area contributed by atoms with Crippen LogP contribution in [0.3, 0.4) is 0 Å². The topological polar surface area (TPSA) is 149 Å². The molecule has 13 nitrogen and oxygen atoms in total. The fourth-order valence-corrected chi connectivity index (χ4v) is 4.59. The summed E-state index contributed by atoms with van der Waals surface area (Å²) in [6.07, 6.45) is 1.26. The second kappa shape index (κ2) is 13.1. The molecule has 1 atom stereocenters. The first kappa shape index (κ1) is 30.0. The number of aromatic nitrogens is 2. The Balaban J connectivity index is 1.35. The smallest absolute Gasteiger partial charge is 0.409 e. The molecule has 3 aromatic rings. The van der Waals surface area contributed by atoms with E-state index < -0.39 is 11.0 Å². The predicted molar refractivity (Wildman–Crippen MR) is 153 cm³/mol. The summed E-state index contributed by atoms with van der Waals surface area (Å²) in [7, 11) is 0. The Hall–Kier alpha value is -4.94. The van der Waals surface area contributed by atoms with Crippen LogP contribution in [0.1, 0.15) is 47.1 Å². The summed E-state index contributed by atoms with van der Waals surface area (Å²) in [6.45, 7) is 8.95. The van der Waals surface area contributed by atoms with Crippen LogP contribution in [0.15, 0.2) is 48.7 Å². The number of rotatable bonds is 9. The maximum Gasteiger partial charge on any atom is 0.409 e. The molecule has 2 heterocycles. The molecule has 222 valence electrons. The fraction of sp³-hybridized carbons (Fsp3) is 0.379. The number of carbonyl (C=O) groups excluding carboxylic acids is 3. The van der Waals surface area contributed by atoms with E-state index in [1.807, 2.05) is 6.07 Å². The summed E-state index contributed by atoms with van der Waals surface area (Å²) in [4.78, 5) is 52.0. The van der Waals surface area contributed by atoms with Gasteiger partial charge in [0.2, 0.25) is 5.91 Å². The van der Waals surface area contributed by atoms with Gasteiger partial charge >= 0.3 is 6.09 Å². The Bertz CT molecular complexity index is 1480. The van der Waals surface area contributed by atoms with Crippen LogP contribution in [0, 0.1) is 24.0 Å². The number of nitro groups is 1. The molecule has 1 N–H and O–H groups in total. The number of amides is 3. The number of carbonyl (C=O) groups is 3. The van der Waals surface area contributed by atoms with Crippen molar-refractivity contribution in [3.63, 3.8) is 0 Å². The number of piperazine rings is 1. The second-order valence-electron chi connectivity index (χ2n) is 9.94. The summed E-state index contributed by atoms with van der Waals surface area (Å²) in [6, 6.07) is 10.9. The van der Waals surface area contributed by atoms with Crippen LogP contribution in [0.5, 0.6) is 5.75 Å². The predicted octanol–water partition coefficient (Wildman–Crippen LogP) is 4.10. The van der Waals surface area contributed by atoms with Gasteiger partial charge in [0, 0.05) is 49.6 Å². The number of hydrogen-bond acceptors (Lipinski definition) is 8. The lowest BCUT2D eigenvalue weighted by atomic mass is 10.1. The van der Waals surface area contributed by atoms with Crippen LogP contribution < -0.4 is 10.1 Å². The molecule has 1 aliphatic rings. The second-order valence-corrected chi connectivity index (χ2v) is 9.94. The van der Waals surface area contributed by atoms with Crippen molar-refractivity contribution >= 4 is 29.3 Å². The normalized spacial score (nSPS) is 13.8. The third-order valence-corrected chi connectivity index (χ3v) is 7.00. The Morgan fingerprint density at radius 3 is 2.45 bits per heavy atom. The Morgan fingerprint density at radius 1 is 1.07 bits per heavy atom. The number of hydrogen-bond donors (Lipinski definition) is 1. The lowest BCUT2D eigenvalue weighted by Gasteiger charge is -2.35. The van der Waals surface area contributed by atoms with E-state index in [0.29, 0.717) is 61.0 Å². The van der Waals surface area contributed by atoms with Crippen LogP contribution in [0.4, 0.5) is 16.2 Å². The zero-order valence-corrected chi connectivity index (χ0v) is 24.0. The fourth-order valence-electron chi connectivity index (χ4n) is 4.59. The molecule has 0 saturated carbocycles. The number of nitro benzene ring substituents is 1. The van der Waals surface area contributed by atoms with Gasteiger partial charge in [-0.1, -0.05) is 12.1 Å². The van der Waals surface area contributed by atoms with Crippen molar-refractivity contribution in [3.05, 3.63) is 81.2 Å². The maximum atomic E-state index is 13.1. The highest BCUT2D eigenvalue weighted by Gasteiger charge is 2.29. The van der Waals surface area contributed by atoms with Gasteiger partial charge in [-0.2, -0.15) is 5.10 Å². The van der Waals surface area contributed by atoms with E-state index in [4.69, 9.17) is 9.47 Å². The van der Waals surface area contributed by atoms with Crippen molar-refractivity contribution in [2.24, 2.45) is 0 Å². The van der Waals surface area contributed by atoms with Gasteiger partial charge in [-0.15, -0.1) is 0 Å². The van der Waals surface area contributed by atoms with Crippen LogP contribution in [0.25, 0.3) is 0 Å². The van der Waals surface area contributed by atoms with Gasteiger partial charge in [-0.25, -0.2) is 4.79 Å². The molecule has 2 aromatic carbocycles. The lowest BCUT2D eigenvalue weighted by Crippen LogP contribution is -2.52. The number of aryl methyl sites for hydroxylation is 2. The SMILES string of the molecule is CCOC(=O)N1CCN(C(=O)C(C)n2cc(NC(=O)c3cccc(COc4ccc([N+](=O)[O-])c(C)c4)c3)c(C)n2)CC1. The average molecular weight is 579 g/mol. The monoisotopic (exact) mass is 578 g/mol. The van der Waals surface area contributed by atoms with E-state index in [1.165, 1.54) is 16.8 Å². The average Bonchev–Trinajstić information content (AvgIpc) is 3.35. The zero-order valence-electron chi connectivity index (χ0n) is 24.0. The molecule has 1 saturated heterocycles. The highest BCUT2D eigenvalue weighted by atomic mass is 16.6. The van der Waals surface area contributed by atoms with Crippen molar-refractivity contribution in [3.8, 4) is 5.75 Å². The van der Waals surface area contributed by atoms with E-state index in [2.05, 4.69) is 10.4 Å². The van der Waals surface area contributed by atoms with Gasteiger partial charge < -0.3 is 24.6 Å². The summed E-state index contributed by atoms with van der Waals surface area (Å²) in [5.41, 5.74) is 2.71. The van der Waals surface area contributed by atoms with Crippen molar-refractivity contribution in [1.29, 1.82) is 0 Å². The Kier molecular flexibility index (Phi) is 9.40. The number of nitrogens with zero attached hydrogens (tertiary/aromatic N) is 5. The van der Waals surface area contributed by atoms with Crippen molar-refractivity contribution in [2.75, 3.05) is 38.1 Å². The lowest BCUT2D eigenvalue weighted by molar-refractivity contribution is -0.385. The Labute approximate surface area is 243 Å². The molecule has 1 fully saturated rings. The van der Waals surface area contributed by atoms with Gasteiger partial charge in [-0.05, 0) is 57.5 Å². The minimum absolute atomic E-state index is 0.0206. The van der Waals surface area contributed by atoms with Gasteiger partial charge in [-0.3, -0.25) is 24.4 Å². The van der Waals surface area contributed by atoms with Crippen LogP contribution in [-0.4, -0.2) is 75.2 Å². The van der Waals surface area contributed by atoms with E-state index >= 15 is 0 Å². The number of ether oxygens (including phenoxy) is 2. The standard InChI is InChI=1S/C29H34N6O7/c1-5-41-29(38)33-13-11-32(12-14-33)28(37)21(4)34-17-25(20(3)31-34)30-27(36)23-8-6-7-22(16-23)18-42-24-9-10-26(35(39)40)19(2)15-24/h6-10,15-17,21H,5,11-14,18H2,1-4H3,(H,30,36). The highest BCUT2D eigenvalue weighted by Crippen LogP contribution is 2.24. The molecule has 0 aliphatic carbocycles. The first-order valence-electron chi connectivity index (χ1n) is 13.6. The quantitative estimate of drug-likeness (QED) is 0.295. The number of benzene rings is 2. The van der Waals surface area contributed by atoms with Gasteiger partial charge in [0.1, 0.15) is 18.4 Å². The molecule has 1 aromatic heterocycles. The van der Waals surface area contributed by atoms with Crippen LogP contribution in [-0.2, 0) is 16.1 Å². The van der Waals surface area contributed by atoms with E-state index in [0.717, 1.165) is 5.56 Å². The molecule has 1 aliphatic heterocycles. The maximum absolute atomic E-state index is 13.1. The first-order chi connectivity index (χ1) is 20.1. The third kappa shape index (κ3) is 7.03. The number of anilines is 1. The van der Waals surface area contributed by atoms with Crippen LogP contribution in [0.2, 0.25) is 0 Å². The first-order valence-corrected chi connectivity index (χ1v) is 13.6. The van der Waals surface area contributed by atoms with E-state index in [9.17, 15) is 24.5 Å². The minimum Gasteiger partial charge on any atom is -0.489 e. The summed E-state index contributed by atoms with van der Waals surface area (Å²) < 4.78 is 12.3.